The van der Waals surface area contributed by atoms with Crippen molar-refractivity contribution in [2.45, 2.75) is 50.8 Å². The average molecular weight is 623 g/mol. The van der Waals surface area contributed by atoms with Gasteiger partial charge >= 0.3 is 33.2 Å². The lowest BCUT2D eigenvalue weighted by atomic mass is 10.0. The lowest BCUT2D eigenvalue weighted by Crippen LogP contribution is -2.42. The summed E-state index contributed by atoms with van der Waals surface area (Å²) >= 11 is 5.53. The molecule has 0 aliphatic rings. The van der Waals surface area contributed by atoms with Crippen molar-refractivity contribution < 1.29 is 66.4 Å². The number of aliphatic hydroxyl groups is 1. The van der Waals surface area contributed by atoms with E-state index in [-0.39, 0.29) is 1.43 Å². The first kappa shape index (κ1) is 44.4. The molecule has 1 atom stereocenters. The molecule has 0 aliphatic carbocycles. The van der Waals surface area contributed by atoms with E-state index in [4.69, 9.17) is 52.9 Å². The summed E-state index contributed by atoms with van der Waals surface area (Å²) < 4.78 is 56.8. The van der Waals surface area contributed by atoms with Crippen LogP contribution in [0.3, 0.4) is 0 Å². The van der Waals surface area contributed by atoms with Crippen molar-refractivity contribution in [1.82, 2.24) is 0 Å². The van der Waals surface area contributed by atoms with Gasteiger partial charge in [0.15, 0.2) is 0 Å². The van der Waals surface area contributed by atoms with E-state index in [1.807, 2.05) is 0 Å². The number of rotatable bonds is 17. The van der Waals surface area contributed by atoms with E-state index in [1.165, 1.54) is 21.3 Å². The van der Waals surface area contributed by atoms with Gasteiger partial charge in [-0.15, -0.1) is 11.6 Å². The van der Waals surface area contributed by atoms with Crippen molar-refractivity contribution >= 4 is 44.8 Å². The van der Waals surface area contributed by atoms with Gasteiger partial charge in [0.05, 0.1) is 5.60 Å². The molecule has 0 aromatic heterocycles. The van der Waals surface area contributed by atoms with Gasteiger partial charge in [0.25, 0.3) is 0 Å². The predicted octanol–water partition coefficient (Wildman–Crippen LogP) is 2.56. The monoisotopic (exact) mass is 622 g/mol. The Labute approximate surface area is 232 Å². The van der Waals surface area contributed by atoms with E-state index < -0.39 is 38.8 Å². The normalized spacial score (nSPS) is 11.8. The van der Waals surface area contributed by atoms with Crippen molar-refractivity contribution in [1.29, 1.82) is 0 Å². The summed E-state index contributed by atoms with van der Waals surface area (Å²) in [6.45, 7) is 3.59. The minimum atomic E-state index is -3.04. The molecule has 37 heavy (non-hydrogen) atoms. The summed E-state index contributed by atoms with van der Waals surface area (Å²) in [5.74, 6) is 0.616. The molecule has 0 aliphatic heterocycles. The Morgan fingerprint density at radius 1 is 0.811 bits per heavy atom. The fraction of sp³-hybridized carbons (Fsp3) is 1.00. The molecule has 0 bridgehead atoms. The van der Waals surface area contributed by atoms with Gasteiger partial charge in [-0.1, -0.05) is 0 Å². The smallest absolute Gasteiger partial charge is 0.565 e. The van der Waals surface area contributed by atoms with Crippen molar-refractivity contribution in [2.75, 3.05) is 69.9 Å². The van der Waals surface area contributed by atoms with Crippen LogP contribution in [0.2, 0.25) is 12.1 Å². The Balaban J connectivity index is -0.000000135. The maximum absolute atomic E-state index is 9.53. The van der Waals surface area contributed by atoms with E-state index in [2.05, 4.69) is 18.6 Å². The zero-order valence-electron chi connectivity index (χ0n) is 23.9. The van der Waals surface area contributed by atoms with Crippen LogP contribution in [-0.2, 0) is 49.8 Å². The Bertz CT molecular complexity index is 484. The predicted molar refractivity (Wildman–Crippen MR) is 144 cm³/mol. The summed E-state index contributed by atoms with van der Waals surface area (Å²) in [5, 5.41) is 16.6. The molecule has 0 rings (SSSR count). The zero-order valence-corrected chi connectivity index (χ0v) is 27.6. The SMILES string of the molecule is COB(OC)OC.CO[Si](CCCC(C)(C)O)(OC)OC.CO[Si](CCCCl)(OC)OC.O=[P+]([O-])OO.[HH]. The third-order valence-corrected chi connectivity index (χ3v) is 10.5. The third kappa shape index (κ3) is 27.7. The Morgan fingerprint density at radius 2 is 1.11 bits per heavy atom. The van der Waals surface area contributed by atoms with Crippen LogP contribution in [0, 0.1) is 0 Å². The van der Waals surface area contributed by atoms with Gasteiger partial charge in [0.1, 0.15) is 0 Å². The lowest BCUT2D eigenvalue weighted by Gasteiger charge is -2.25. The molecule has 0 radical (unpaired) electrons. The van der Waals surface area contributed by atoms with E-state index in [0.717, 1.165) is 31.4 Å². The second-order valence-corrected chi connectivity index (χ2v) is 14.5. The molecule has 0 aromatic carbocycles. The highest BCUT2D eigenvalue weighted by Crippen LogP contribution is 2.20. The fourth-order valence-electron chi connectivity index (χ4n) is 2.42. The molecule has 0 heterocycles. The molecule has 0 saturated carbocycles. The zero-order chi connectivity index (χ0) is 30.0. The molecular weight excluding hydrogens is 574 g/mol. The van der Waals surface area contributed by atoms with Crippen LogP contribution in [0.25, 0.3) is 0 Å². The molecule has 228 valence electrons. The van der Waals surface area contributed by atoms with Gasteiger partial charge in [-0.3, -0.25) is 0 Å². The van der Waals surface area contributed by atoms with Crippen LogP contribution in [0.4, 0.5) is 0 Å². The highest BCUT2D eigenvalue weighted by Gasteiger charge is 2.37. The van der Waals surface area contributed by atoms with Crippen LogP contribution < -0.4 is 4.89 Å². The van der Waals surface area contributed by atoms with Crippen molar-refractivity contribution in [3.05, 3.63) is 0 Å². The molecule has 0 fully saturated rings. The highest BCUT2D eigenvalue weighted by molar-refractivity contribution is 7.30. The third-order valence-electron chi connectivity index (χ3n) is 4.40. The molecule has 2 N–H and O–H groups in total. The van der Waals surface area contributed by atoms with Gasteiger partial charge in [0.2, 0.25) is 0 Å². The summed E-state index contributed by atoms with van der Waals surface area (Å²) in [7, 11) is 5.84. The number of hydrogen-bond acceptors (Lipinski definition) is 14. The van der Waals surface area contributed by atoms with Crippen molar-refractivity contribution in [2.24, 2.45) is 0 Å². The molecule has 1 unspecified atom stereocenters. The largest absolute Gasteiger partial charge is 0.638 e. The maximum atomic E-state index is 9.53. The van der Waals surface area contributed by atoms with E-state index in [0.29, 0.717) is 5.88 Å². The van der Waals surface area contributed by atoms with Crippen LogP contribution in [-0.4, -0.2) is 111 Å². The first-order chi connectivity index (χ1) is 17.2. The minimum absolute atomic E-state index is 0. The lowest BCUT2D eigenvalue weighted by molar-refractivity contribution is -0.244. The van der Waals surface area contributed by atoms with Gasteiger partial charge in [-0.2, -0.15) is 0 Å². The second-order valence-electron chi connectivity index (χ2n) is 7.35. The van der Waals surface area contributed by atoms with Crippen LogP contribution in [0.5, 0.6) is 0 Å². The highest BCUT2D eigenvalue weighted by atomic mass is 35.5. The summed E-state index contributed by atoms with van der Waals surface area (Å²) in [6, 6.07) is 1.51. The molecule has 0 amide bonds. The van der Waals surface area contributed by atoms with Crippen LogP contribution in [0.15, 0.2) is 0 Å². The van der Waals surface area contributed by atoms with Gasteiger partial charge in [-0.05, 0) is 37.7 Å². The van der Waals surface area contributed by atoms with E-state index >= 15 is 0 Å². The molecule has 0 saturated heterocycles. The quantitative estimate of drug-likeness (QED) is 0.0796. The van der Waals surface area contributed by atoms with Crippen LogP contribution in [0.1, 0.15) is 34.5 Å². The topological polar surface area (TPSA) is 173 Å². The van der Waals surface area contributed by atoms with Gasteiger partial charge < -0.3 is 50.5 Å². The molecule has 0 spiro atoms. The first-order valence-corrected chi connectivity index (χ1v) is 16.4. The van der Waals surface area contributed by atoms with Gasteiger partial charge in [0, 0.05) is 88.1 Å². The second kappa shape index (κ2) is 27.9. The molecular formula is C18H49BClO14PSi2. The number of halogens is 1. The number of alkyl halides is 1. The standard InChI is InChI=1S/C9H22O4Si.C6H15ClO3Si.C3H9BO3.HO4P.H2/c1-9(2,10)7-6-8-14(11-3,12-4)13-5;1-8-11(9-2,10-3)6-4-5-7;1-5-4(6-2)7-3;1-4-5(2)3;/h10H,6-8H2,1-5H3;4-6H2,1-3H3;1-3H3;1H;1H. The van der Waals surface area contributed by atoms with Crippen molar-refractivity contribution in [3.8, 4) is 0 Å². The molecule has 19 heteroatoms. The first-order valence-electron chi connectivity index (χ1n) is 10.9. The fourth-order valence-corrected chi connectivity index (χ4v) is 6.22. The summed E-state index contributed by atoms with van der Waals surface area (Å²) in [5.41, 5.74) is -0.630. The minimum Gasteiger partial charge on any atom is -0.565 e. The Kier molecular flexibility index (Phi) is 33.5. The maximum Gasteiger partial charge on any atom is 0.638 e. The number of hydrogen-bond donors (Lipinski definition) is 2. The Hall–Kier alpha value is 0.369. The van der Waals surface area contributed by atoms with Gasteiger partial charge in [-0.25, -0.2) is 5.26 Å². The van der Waals surface area contributed by atoms with Crippen molar-refractivity contribution in [3.63, 3.8) is 0 Å². The van der Waals surface area contributed by atoms with E-state index in [1.54, 1.807) is 56.5 Å². The van der Waals surface area contributed by atoms with E-state index in [9.17, 15) is 5.11 Å². The summed E-state index contributed by atoms with van der Waals surface area (Å²) in [4.78, 5) is 8.93. The van der Waals surface area contributed by atoms with Crippen LogP contribution >= 0.6 is 19.9 Å². The average Bonchev–Trinajstić information content (AvgIpc) is 2.89. The molecule has 14 nitrogen and oxygen atoms in total. The summed E-state index contributed by atoms with van der Waals surface area (Å²) in [6.07, 6.45) is 2.42. The Morgan fingerprint density at radius 3 is 1.27 bits per heavy atom. The molecule has 0 aromatic rings.